The molecule has 2 saturated heterocycles. The fourth-order valence-electron chi connectivity index (χ4n) is 4.51. The molecule has 0 aliphatic carbocycles. The van der Waals surface area contributed by atoms with Crippen LogP contribution in [0.3, 0.4) is 0 Å². The number of imide groups is 2. The Kier molecular flexibility index (Phi) is 4.49. The Balaban J connectivity index is 1.35. The number of amides is 4. The molecule has 3 N–H and O–H groups in total. The van der Waals surface area contributed by atoms with Crippen LogP contribution in [0.2, 0.25) is 0 Å². The Labute approximate surface area is 178 Å². The van der Waals surface area contributed by atoms with Gasteiger partial charge in [-0.3, -0.25) is 39.4 Å². The fraction of sp³-hybridized carbons (Fsp3) is 0.381. The number of carbonyl (C=O) groups excluding carboxylic acids is 4. The summed E-state index contributed by atoms with van der Waals surface area (Å²) in [7, 11) is 1.90. The molecule has 0 saturated carbocycles. The average Bonchev–Trinajstić information content (AvgIpc) is 3.24. The van der Waals surface area contributed by atoms with Gasteiger partial charge in [0, 0.05) is 39.3 Å². The van der Waals surface area contributed by atoms with Crippen molar-refractivity contribution in [2.75, 3.05) is 13.1 Å². The zero-order valence-corrected chi connectivity index (χ0v) is 17.0. The lowest BCUT2D eigenvalue weighted by atomic mass is 9.88. The minimum atomic E-state index is -0.958. The van der Waals surface area contributed by atoms with E-state index in [-0.39, 0.29) is 35.4 Å². The Hall–Kier alpha value is -3.37. The van der Waals surface area contributed by atoms with E-state index in [0.29, 0.717) is 6.54 Å². The molecule has 1 atom stereocenters. The minimum Gasteiger partial charge on any atom is -0.312 e. The molecular formula is C21H22N6O4. The zero-order valence-electron chi connectivity index (χ0n) is 17.0. The smallest absolute Gasteiger partial charge is 0.262 e. The molecule has 2 fully saturated rings. The number of rotatable bonds is 5. The lowest BCUT2D eigenvalue weighted by Crippen LogP contribution is -2.65. The SMILES string of the molecule is Cn1nccc1C1(NCc2ccc3c(c2)C(=O)N(C2CCC(=O)NC2=O)C3=O)CNC1. The van der Waals surface area contributed by atoms with Gasteiger partial charge in [0.1, 0.15) is 6.04 Å². The first-order chi connectivity index (χ1) is 14.9. The second kappa shape index (κ2) is 7.10. The molecule has 5 rings (SSSR count). The van der Waals surface area contributed by atoms with E-state index in [2.05, 4.69) is 21.0 Å². The van der Waals surface area contributed by atoms with Crippen LogP contribution < -0.4 is 16.0 Å². The summed E-state index contributed by atoms with van der Waals surface area (Å²) in [5.41, 5.74) is 2.25. The Morgan fingerprint density at radius 3 is 2.55 bits per heavy atom. The quantitative estimate of drug-likeness (QED) is 0.550. The number of hydrogen-bond acceptors (Lipinski definition) is 7. The van der Waals surface area contributed by atoms with Gasteiger partial charge in [-0.05, 0) is 30.2 Å². The van der Waals surface area contributed by atoms with Crippen LogP contribution >= 0.6 is 0 Å². The van der Waals surface area contributed by atoms with Crippen molar-refractivity contribution >= 4 is 23.6 Å². The van der Waals surface area contributed by atoms with Crippen LogP contribution in [-0.4, -0.2) is 57.4 Å². The van der Waals surface area contributed by atoms with Crippen molar-refractivity contribution in [1.82, 2.24) is 30.6 Å². The summed E-state index contributed by atoms with van der Waals surface area (Å²) in [5.74, 6) is -1.99. The van der Waals surface area contributed by atoms with E-state index in [1.54, 1.807) is 18.3 Å². The van der Waals surface area contributed by atoms with Crippen molar-refractivity contribution in [1.29, 1.82) is 0 Å². The molecule has 10 heteroatoms. The van der Waals surface area contributed by atoms with Gasteiger partial charge in [-0.2, -0.15) is 5.10 Å². The summed E-state index contributed by atoms with van der Waals surface area (Å²) in [5, 5.41) is 13.3. The number of aromatic nitrogens is 2. The number of piperidine rings is 1. The van der Waals surface area contributed by atoms with Gasteiger partial charge in [0.05, 0.1) is 22.4 Å². The number of nitrogens with one attached hydrogen (secondary N) is 3. The van der Waals surface area contributed by atoms with Crippen LogP contribution in [0.15, 0.2) is 30.5 Å². The molecule has 1 aromatic heterocycles. The summed E-state index contributed by atoms with van der Waals surface area (Å²) >= 11 is 0. The van der Waals surface area contributed by atoms with Gasteiger partial charge in [-0.15, -0.1) is 0 Å². The third-order valence-corrected chi connectivity index (χ3v) is 6.30. The van der Waals surface area contributed by atoms with E-state index in [4.69, 9.17) is 0 Å². The molecule has 0 bridgehead atoms. The van der Waals surface area contributed by atoms with E-state index in [1.807, 2.05) is 23.9 Å². The first-order valence-electron chi connectivity index (χ1n) is 10.2. The topological polar surface area (TPSA) is 125 Å². The second-order valence-electron chi connectivity index (χ2n) is 8.21. The molecule has 10 nitrogen and oxygen atoms in total. The molecule has 3 aliphatic rings. The van der Waals surface area contributed by atoms with E-state index in [0.717, 1.165) is 29.2 Å². The fourth-order valence-corrected chi connectivity index (χ4v) is 4.51. The number of nitrogens with zero attached hydrogens (tertiary/aromatic N) is 3. The average molecular weight is 422 g/mol. The zero-order chi connectivity index (χ0) is 21.8. The van der Waals surface area contributed by atoms with Crippen LogP contribution in [0.5, 0.6) is 0 Å². The van der Waals surface area contributed by atoms with Crippen molar-refractivity contribution in [3.05, 3.63) is 52.8 Å². The van der Waals surface area contributed by atoms with E-state index in [9.17, 15) is 19.2 Å². The number of benzene rings is 1. The standard InChI is InChI=1S/C21H22N6O4/c1-26-16(6-7-24-26)21(10-22-11-21)23-9-12-2-3-13-14(8-12)20(31)27(19(13)30)15-4-5-17(28)25-18(15)29/h2-3,6-8,15,22-23H,4-5,9-11H2,1H3,(H,25,28,29). The second-order valence-corrected chi connectivity index (χ2v) is 8.21. The van der Waals surface area contributed by atoms with Crippen LogP contribution in [-0.2, 0) is 28.7 Å². The molecule has 2 aromatic rings. The van der Waals surface area contributed by atoms with Gasteiger partial charge in [0.15, 0.2) is 0 Å². The van der Waals surface area contributed by atoms with Crippen LogP contribution in [0.25, 0.3) is 0 Å². The maximum Gasteiger partial charge on any atom is 0.262 e. The normalized spacial score (nSPS) is 22.4. The highest BCUT2D eigenvalue weighted by Gasteiger charge is 2.45. The molecule has 0 spiro atoms. The van der Waals surface area contributed by atoms with E-state index >= 15 is 0 Å². The summed E-state index contributed by atoms with van der Waals surface area (Å²) in [4.78, 5) is 50.4. The first kappa shape index (κ1) is 19.6. The van der Waals surface area contributed by atoms with E-state index < -0.39 is 23.8 Å². The maximum atomic E-state index is 13.0. The van der Waals surface area contributed by atoms with Crippen LogP contribution in [0.4, 0.5) is 0 Å². The molecule has 3 aliphatic heterocycles. The first-order valence-corrected chi connectivity index (χ1v) is 10.2. The predicted octanol–water partition coefficient (Wildman–Crippen LogP) is -0.590. The van der Waals surface area contributed by atoms with Crippen molar-refractivity contribution < 1.29 is 19.2 Å². The highest BCUT2D eigenvalue weighted by atomic mass is 16.2. The maximum absolute atomic E-state index is 13.0. The third-order valence-electron chi connectivity index (χ3n) is 6.30. The summed E-state index contributed by atoms with van der Waals surface area (Å²) in [6, 6.07) is 6.18. The molecular weight excluding hydrogens is 400 g/mol. The molecule has 4 heterocycles. The summed E-state index contributed by atoms with van der Waals surface area (Å²) in [6.45, 7) is 2.02. The number of aryl methyl sites for hydroxylation is 1. The highest BCUT2D eigenvalue weighted by molar-refractivity contribution is 6.23. The molecule has 1 unspecified atom stereocenters. The molecule has 160 valence electrons. The van der Waals surface area contributed by atoms with Gasteiger partial charge in [0.25, 0.3) is 11.8 Å². The third kappa shape index (κ3) is 3.06. The largest absolute Gasteiger partial charge is 0.312 e. The molecule has 1 aromatic carbocycles. The Bertz CT molecular complexity index is 1120. The van der Waals surface area contributed by atoms with Crippen LogP contribution in [0, 0.1) is 0 Å². The Morgan fingerprint density at radius 1 is 1.13 bits per heavy atom. The number of carbonyl (C=O) groups is 4. The van der Waals surface area contributed by atoms with Gasteiger partial charge in [-0.1, -0.05) is 6.07 Å². The predicted molar refractivity (Wildman–Crippen MR) is 108 cm³/mol. The molecule has 0 radical (unpaired) electrons. The minimum absolute atomic E-state index is 0.100. The molecule has 4 amide bonds. The van der Waals surface area contributed by atoms with Gasteiger partial charge in [0.2, 0.25) is 11.8 Å². The van der Waals surface area contributed by atoms with Crippen molar-refractivity contribution in [2.45, 2.75) is 31.0 Å². The van der Waals surface area contributed by atoms with Crippen molar-refractivity contribution in [3.8, 4) is 0 Å². The van der Waals surface area contributed by atoms with Gasteiger partial charge < -0.3 is 5.32 Å². The monoisotopic (exact) mass is 422 g/mol. The summed E-state index contributed by atoms with van der Waals surface area (Å²) in [6.07, 6.45) is 2.01. The highest BCUT2D eigenvalue weighted by Crippen LogP contribution is 2.29. The van der Waals surface area contributed by atoms with Gasteiger partial charge in [-0.25, -0.2) is 0 Å². The number of fused-ring (bicyclic) bond motifs is 1. The Morgan fingerprint density at radius 2 is 1.90 bits per heavy atom. The van der Waals surface area contributed by atoms with Gasteiger partial charge >= 0.3 is 0 Å². The van der Waals surface area contributed by atoms with E-state index in [1.165, 1.54) is 0 Å². The van der Waals surface area contributed by atoms with Crippen molar-refractivity contribution in [2.24, 2.45) is 7.05 Å². The summed E-state index contributed by atoms with van der Waals surface area (Å²) < 4.78 is 1.84. The van der Waals surface area contributed by atoms with Crippen LogP contribution in [0.1, 0.15) is 44.8 Å². The number of hydrogen-bond donors (Lipinski definition) is 3. The van der Waals surface area contributed by atoms with Crippen molar-refractivity contribution in [3.63, 3.8) is 0 Å². The lowest BCUT2D eigenvalue weighted by molar-refractivity contribution is -0.136. The lowest BCUT2D eigenvalue weighted by Gasteiger charge is -2.43. The molecule has 31 heavy (non-hydrogen) atoms.